The van der Waals surface area contributed by atoms with Crippen molar-refractivity contribution >= 4 is 27.3 Å². The minimum Gasteiger partial charge on any atom is -0.497 e. The summed E-state index contributed by atoms with van der Waals surface area (Å²) in [5.74, 6) is 1.19. The second-order valence-electron chi connectivity index (χ2n) is 9.76. The zero-order valence-corrected chi connectivity index (χ0v) is 24.1. The lowest BCUT2D eigenvalue weighted by atomic mass is 10.0. The van der Waals surface area contributed by atoms with Crippen molar-refractivity contribution in [3.8, 4) is 11.5 Å². The Hall–Kier alpha value is -2.88. The van der Waals surface area contributed by atoms with Crippen LogP contribution in [0.2, 0.25) is 0 Å². The number of hydrogen-bond acceptors (Lipinski definition) is 6. The van der Waals surface area contributed by atoms with Crippen LogP contribution >= 0.6 is 11.3 Å². The largest absolute Gasteiger partial charge is 0.497 e. The average Bonchev–Trinajstić information content (AvgIpc) is 3.41. The Bertz CT molecular complexity index is 1320. The fourth-order valence-corrected chi connectivity index (χ4v) is 6.98. The molecule has 0 bridgehead atoms. The van der Waals surface area contributed by atoms with Gasteiger partial charge >= 0.3 is 0 Å². The predicted octanol–water partition coefficient (Wildman–Crippen LogP) is 5.31. The summed E-state index contributed by atoms with van der Waals surface area (Å²) in [5.41, 5.74) is 2.22. The Kier molecular flexibility index (Phi) is 9.12. The number of hydrogen-bond donors (Lipinski definition) is 0. The van der Waals surface area contributed by atoms with Gasteiger partial charge in [-0.05, 0) is 72.7 Å². The minimum absolute atomic E-state index is 0.0984. The molecule has 2 aromatic carbocycles. The molecule has 1 aromatic heterocycles. The molecular formula is C29H36N2O5S2. The standard InChI is InChI=1S/C29H36N2O5S2/c1-5-21(2)18-30(38(33,34)25-12-10-23(35-4)11-13-25)19-29(32)31-16-14-28-26(15-17-37-28)27(31)20-36-24-8-6-22(3)7-9-24/h6-13,15,17,21,27H,5,14,16,18-20H2,1-4H3/t21-,27+/m1/s1. The van der Waals surface area contributed by atoms with Crippen molar-refractivity contribution in [1.82, 2.24) is 9.21 Å². The average molecular weight is 557 g/mol. The maximum absolute atomic E-state index is 13.8. The summed E-state index contributed by atoms with van der Waals surface area (Å²) >= 11 is 1.69. The summed E-state index contributed by atoms with van der Waals surface area (Å²) in [6.07, 6.45) is 1.55. The van der Waals surface area contributed by atoms with Crippen LogP contribution in [0, 0.1) is 12.8 Å². The van der Waals surface area contributed by atoms with E-state index < -0.39 is 10.0 Å². The van der Waals surface area contributed by atoms with Gasteiger partial charge in [-0.1, -0.05) is 38.0 Å². The van der Waals surface area contributed by atoms with Gasteiger partial charge in [-0.25, -0.2) is 8.42 Å². The quantitative estimate of drug-likeness (QED) is 0.320. The van der Waals surface area contributed by atoms with Gasteiger partial charge in [0.05, 0.1) is 24.6 Å². The third-order valence-corrected chi connectivity index (χ3v) is 9.89. The van der Waals surface area contributed by atoms with Crippen LogP contribution in [-0.4, -0.2) is 56.9 Å². The lowest BCUT2D eigenvalue weighted by Gasteiger charge is -2.37. The van der Waals surface area contributed by atoms with Crippen LogP contribution in [0.3, 0.4) is 0 Å². The molecule has 0 saturated carbocycles. The molecule has 1 amide bonds. The van der Waals surface area contributed by atoms with Crippen molar-refractivity contribution in [1.29, 1.82) is 0 Å². The number of ether oxygens (including phenoxy) is 2. The van der Waals surface area contributed by atoms with Gasteiger partial charge in [-0.15, -0.1) is 11.3 Å². The molecule has 0 unspecified atom stereocenters. The lowest BCUT2D eigenvalue weighted by molar-refractivity contribution is -0.135. The van der Waals surface area contributed by atoms with Gasteiger partial charge in [0.2, 0.25) is 15.9 Å². The molecule has 204 valence electrons. The number of aryl methyl sites for hydroxylation is 1. The fraction of sp³-hybridized carbons (Fsp3) is 0.414. The molecule has 1 aliphatic rings. The first-order valence-corrected chi connectivity index (χ1v) is 15.2. The lowest BCUT2D eigenvalue weighted by Crippen LogP contribution is -2.48. The summed E-state index contributed by atoms with van der Waals surface area (Å²) in [5, 5.41) is 2.04. The van der Waals surface area contributed by atoms with Crippen LogP contribution in [0.25, 0.3) is 0 Å². The van der Waals surface area contributed by atoms with Crippen LogP contribution < -0.4 is 9.47 Å². The first kappa shape index (κ1) is 28.1. The number of methoxy groups -OCH3 is 1. The Morgan fingerprint density at radius 3 is 2.45 bits per heavy atom. The summed E-state index contributed by atoms with van der Waals surface area (Å²) in [4.78, 5) is 17.0. The molecule has 9 heteroatoms. The Balaban J connectivity index is 1.57. The first-order valence-electron chi connectivity index (χ1n) is 12.9. The molecule has 7 nitrogen and oxygen atoms in total. The summed E-state index contributed by atoms with van der Waals surface area (Å²) in [6.45, 7) is 6.90. The van der Waals surface area contributed by atoms with Crippen LogP contribution in [0.15, 0.2) is 64.9 Å². The Labute approximate surface area is 230 Å². The van der Waals surface area contributed by atoms with E-state index >= 15 is 0 Å². The Morgan fingerprint density at radius 2 is 1.79 bits per heavy atom. The zero-order chi connectivity index (χ0) is 27.3. The van der Waals surface area contributed by atoms with Crippen LogP contribution in [-0.2, 0) is 21.2 Å². The van der Waals surface area contributed by atoms with Crippen LogP contribution in [0.4, 0.5) is 0 Å². The molecule has 4 rings (SSSR count). The molecule has 0 saturated heterocycles. The molecule has 0 aliphatic carbocycles. The molecule has 0 N–H and O–H groups in total. The van der Waals surface area contributed by atoms with Crippen molar-refractivity contribution in [3.05, 3.63) is 76.0 Å². The van der Waals surface area contributed by atoms with Crippen LogP contribution in [0.5, 0.6) is 11.5 Å². The van der Waals surface area contributed by atoms with Gasteiger partial charge in [0.1, 0.15) is 18.1 Å². The molecule has 2 atom stereocenters. The van der Waals surface area contributed by atoms with Crippen molar-refractivity contribution in [2.24, 2.45) is 5.92 Å². The third-order valence-electron chi connectivity index (χ3n) is 7.07. The highest BCUT2D eigenvalue weighted by Crippen LogP contribution is 2.34. The number of rotatable bonds is 11. The highest BCUT2D eigenvalue weighted by Gasteiger charge is 2.35. The van der Waals surface area contributed by atoms with Gasteiger partial charge in [-0.2, -0.15) is 4.31 Å². The molecule has 0 spiro atoms. The van der Waals surface area contributed by atoms with E-state index in [0.717, 1.165) is 29.7 Å². The maximum atomic E-state index is 13.8. The summed E-state index contributed by atoms with van der Waals surface area (Å²) < 4.78 is 40.0. The van der Waals surface area contributed by atoms with Crippen LogP contribution in [0.1, 0.15) is 42.3 Å². The molecule has 0 radical (unpaired) electrons. The van der Waals surface area contributed by atoms with Gasteiger partial charge in [0.25, 0.3) is 0 Å². The van der Waals surface area contributed by atoms with E-state index in [1.165, 1.54) is 28.4 Å². The molecule has 3 aromatic rings. The first-order chi connectivity index (χ1) is 18.2. The topological polar surface area (TPSA) is 76.2 Å². The molecule has 0 fully saturated rings. The number of sulfonamides is 1. The smallest absolute Gasteiger partial charge is 0.243 e. The maximum Gasteiger partial charge on any atom is 0.243 e. The summed E-state index contributed by atoms with van der Waals surface area (Å²) in [7, 11) is -2.35. The molecular weight excluding hydrogens is 520 g/mol. The molecule has 38 heavy (non-hydrogen) atoms. The SMILES string of the molecule is CC[C@@H](C)CN(CC(=O)N1CCc2sccc2[C@@H]1COc1ccc(C)cc1)S(=O)(=O)c1ccc(OC)cc1. The van der Waals surface area contributed by atoms with Gasteiger partial charge in [0.15, 0.2) is 0 Å². The number of benzene rings is 2. The minimum atomic E-state index is -3.89. The highest BCUT2D eigenvalue weighted by atomic mass is 32.2. The van der Waals surface area contributed by atoms with E-state index in [9.17, 15) is 13.2 Å². The van der Waals surface area contributed by atoms with Crippen molar-refractivity contribution in [2.75, 3.05) is 33.4 Å². The number of amides is 1. The van der Waals surface area contributed by atoms with E-state index in [-0.39, 0.29) is 35.9 Å². The Morgan fingerprint density at radius 1 is 1.11 bits per heavy atom. The van der Waals surface area contributed by atoms with Crippen molar-refractivity contribution < 1.29 is 22.7 Å². The molecule has 1 aliphatic heterocycles. The second kappa shape index (κ2) is 12.3. The summed E-state index contributed by atoms with van der Waals surface area (Å²) in [6, 6.07) is 15.9. The number of carbonyl (C=O) groups is 1. The van der Waals surface area contributed by atoms with E-state index in [2.05, 4.69) is 0 Å². The predicted molar refractivity (Wildman–Crippen MR) is 150 cm³/mol. The van der Waals surface area contributed by atoms with Crippen molar-refractivity contribution in [3.63, 3.8) is 0 Å². The van der Waals surface area contributed by atoms with Gasteiger partial charge in [-0.3, -0.25) is 4.79 Å². The number of nitrogens with zero attached hydrogens (tertiary/aromatic N) is 2. The van der Waals surface area contributed by atoms with Gasteiger partial charge in [0, 0.05) is 18.0 Å². The second-order valence-corrected chi connectivity index (χ2v) is 12.7. The van der Waals surface area contributed by atoms with E-state index in [1.54, 1.807) is 28.4 Å². The van der Waals surface area contributed by atoms with E-state index in [1.807, 2.05) is 56.5 Å². The zero-order valence-electron chi connectivity index (χ0n) is 22.4. The van der Waals surface area contributed by atoms with E-state index in [4.69, 9.17) is 9.47 Å². The number of fused-ring (bicyclic) bond motifs is 1. The number of thiophene rings is 1. The number of carbonyl (C=O) groups excluding carboxylic acids is 1. The van der Waals surface area contributed by atoms with Crippen molar-refractivity contribution in [2.45, 2.75) is 44.6 Å². The third kappa shape index (κ3) is 6.39. The monoisotopic (exact) mass is 556 g/mol. The normalized spacial score (nSPS) is 16.2. The van der Waals surface area contributed by atoms with E-state index in [0.29, 0.717) is 18.9 Å². The highest BCUT2D eigenvalue weighted by molar-refractivity contribution is 7.89. The molecule has 2 heterocycles. The van der Waals surface area contributed by atoms with Gasteiger partial charge < -0.3 is 14.4 Å². The fourth-order valence-electron chi connectivity index (χ4n) is 4.55.